The second-order valence-corrected chi connectivity index (χ2v) is 12.9. The Morgan fingerprint density at radius 2 is 1.67 bits per heavy atom. The highest BCUT2D eigenvalue weighted by Gasteiger charge is 2.32. The Hall–Kier alpha value is -2.58. The van der Waals surface area contributed by atoms with E-state index >= 15 is 0 Å². The number of unbranched alkanes of at least 4 members (excludes halogenated alkanes) is 1. The third-order valence-corrected chi connectivity index (χ3v) is 10.3. The molecule has 2 aromatic rings. The summed E-state index contributed by atoms with van der Waals surface area (Å²) in [7, 11) is -1.99. The highest BCUT2D eigenvalue weighted by Crippen LogP contribution is 2.34. The minimum atomic E-state index is -3.61. The summed E-state index contributed by atoms with van der Waals surface area (Å²) >= 11 is 0. The van der Waals surface area contributed by atoms with E-state index in [1.165, 1.54) is 5.56 Å². The van der Waals surface area contributed by atoms with Crippen LogP contribution < -0.4 is 9.64 Å². The summed E-state index contributed by atoms with van der Waals surface area (Å²) in [5.41, 5.74) is 2.09. The van der Waals surface area contributed by atoms with E-state index in [2.05, 4.69) is 43.0 Å². The first kappa shape index (κ1) is 29.4. The Bertz CT molecular complexity index is 1170. The summed E-state index contributed by atoms with van der Waals surface area (Å²) in [6.07, 6.45) is 6.72. The average molecular weight is 556 g/mol. The van der Waals surface area contributed by atoms with Gasteiger partial charge in [0.05, 0.1) is 17.7 Å². The maximum absolute atomic E-state index is 13.6. The summed E-state index contributed by atoms with van der Waals surface area (Å²) in [5.74, 6) is 1.50. The molecule has 2 aliphatic rings. The van der Waals surface area contributed by atoms with Crippen molar-refractivity contribution in [3.8, 4) is 5.75 Å². The van der Waals surface area contributed by atoms with Crippen molar-refractivity contribution >= 4 is 21.6 Å². The first-order chi connectivity index (χ1) is 18.9. The van der Waals surface area contributed by atoms with Crippen molar-refractivity contribution in [2.45, 2.75) is 63.7 Å². The minimum absolute atomic E-state index is 0.0938. The summed E-state index contributed by atoms with van der Waals surface area (Å²) in [4.78, 5) is 17.5. The molecule has 7 nitrogen and oxygen atoms in total. The van der Waals surface area contributed by atoms with Crippen LogP contribution in [0.4, 0.5) is 5.69 Å². The molecule has 214 valence electrons. The molecule has 4 rings (SSSR count). The molecule has 1 amide bonds. The number of benzene rings is 2. The molecule has 0 saturated carbocycles. The van der Waals surface area contributed by atoms with Gasteiger partial charge in [-0.15, -0.1) is 0 Å². The molecule has 2 aromatic carbocycles. The van der Waals surface area contributed by atoms with E-state index in [1.807, 2.05) is 11.0 Å². The number of methoxy groups -OCH3 is 1. The lowest BCUT2D eigenvalue weighted by Crippen LogP contribution is -2.50. The zero-order chi connectivity index (χ0) is 27.8. The molecular weight excluding hydrogens is 510 g/mol. The number of hydrogen-bond donors (Lipinski definition) is 0. The number of ether oxygens (including phenoxy) is 1. The molecule has 2 fully saturated rings. The first-order valence-corrected chi connectivity index (χ1v) is 16.1. The summed E-state index contributed by atoms with van der Waals surface area (Å²) in [6.45, 7) is 7.91. The van der Waals surface area contributed by atoms with Crippen LogP contribution in [0.15, 0.2) is 53.4 Å². The number of carbonyl (C=O) groups excluding carboxylic acids is 1. The minimum Gasteiger partial charge on any atom is -0.495 e. The van der Waals surface area contributed by atoms with Crippen molar-refractivity contribution in [2.24, 2.45) is 11.8 Å². The van der Waals surface area contributed by atoms with Crippen LogP contribution in [0.5, 0.6) is 5.75 Å². The van der Waals surface area contributed by atoms with Gasteiger partial charge in [-0.2, -0.15) is 4.31 Å². The van der Waals surface area contributed by atoms with Crippen molar-refractivity contribution in [1.29, 1.82) is 0 Å². The molecule has 0 aromatic heterocycles. The first-order valence-electron chi connectivity index (χ1n) is 14.6. The fourth-order valence-electron chi connectivity index (χ4n) is 5.91. The van der Waals surface area contributed by atoms with Gasteiger partial charge in [-0.25, -0.2) is 8.42 Å². The number of anilines is 1. The Morgan fingerprint density at radius 3 is 2.28 bits per heavy atom. The monoisotopic (exact) mass is 555 g/mol. The second-order valence-electron chi connectivity index (χ2n) is 10.9. The number of rotatable bonds is 11. The molecule has 2 heterocycles. The predicted octanol–water partition coefficient (Wildman–Crippen LogP) is 5.20. The van der Waals surface area contributed by atoms with E-state index in [1.54, 1.807) is 29.6 Å². The van der Waals surface area contributed by atoms with Crippen LogP contribution >= 0.6 is 0 Å². The molecule has 0 bridgehead atoms. The SMILES string of the molecule is CCCC[C@@H](CC)C(=O)N1CCN(c2cc(S(=O)(=O)N3CCC(Cc4ccccc4)CC3)ccc2OC)CC1. The van der Waals surface area contributed by atoms with Crippen LogP contribution in [0.1, 0.15) is 57.9 Å². The van der Waals surface area contributed by atoms with E-state index in [0.29, 0.717) is 55.8 Å². The lowest BCUT2D eigenvalue weighted by Gasteiger charge is -2.38. The normalized spacial score (nSPS) is 18.2. The van der Waals surface area contributed by atoms with Gasteiger partial charge in [-0.1, -0.05) is 57.0 Å². The average Bonchev–Trinajstić information content (AvgIpc) is 2.98. The smallest absolute Gasteiger partial charge is 0.243 e. The Labute approximate surface area is 235 Å². The Balaban J connectivity index is 1.40. The zero-order valence-electron chi connectivity index (χ0n) is 23.8. The number of piperazine rings is 1. The van der Waals surface area contributed by atoms with Crippen LogP contribution in [0.25, 0.3) is 0 Å². The van der Waals surface area contributed by atoms with Crippen molar-refractivity contribution in [3.05, 3.63) is 54.1 Å². The quantitative estimate of drug-likeness (QED) is 0.381. The van der Waals surface area contributed by atoms with E-state index in [4.69, 9.17) is 4.74 Å². The molecule has 1 atom stereocenters. The molecule has 0 unspecified atom stereocenters. The van der Waals surface area contributed by atoms with Crippen LogP contribution in [0.2, 0.25) is 0 Å². The maximum Gasteiger partial charge on any atom is 0.243 e. The van der Waals surface area contributed by atoms with Crippen molar-refractivity contribution < 1.29 is 17.9 Å². The van der Waals surface area contributed by atoms with Gasteiger partial charge in [0, 0.05) is 45.2 Å². The fraction of sp³-hybridized carbons (Fsp3) is 0.581. The van der Waals surface area contributed by atoms with Gasteiger partial charge in [0.25, 0.3) is 0 Å². The molecular formula is C31H45N3O4S. The number of amides is 1. The van der Waals surface area contributed by atoms with E-state index in [0.717, 1.165) is 50.6 Å². The molecule has 39 heavy (non-hydrogen) atoms. The van der Waals surface area contributed by atoms with Gasteiger partial charge in [-0.3, -0.25) is 4.79 Å². The van der Waals surface area contributed by atoms with Gasteiger partial charge in [-0.05, 0) is 61.8 Å². The molecule has 0 spiro atoms. The van der Waals surface area contributed by atoms with Crippen molar-refractivity contribution in [2.75, 3.05) is 51.3 Å². The largest absolute Gasteiger partial charge is 0.495 e. The summed E-state index contributed by atoms with van der Waals surface area (Å²) in [5, 5.41) is 0. The van der Waals surface area contributed by atoms with Gasteiger partial charge < -0.3 is 14.5 Å². The molecule has 8 heteroatoms. The van der Waals surface area contributed by atoms with Crippen LogP contribution in [-0.2, 0) is 21.2 Å². The second kappa shape index (κ2) is 13.7. The van der Waals surface area contributed by atoms with Crippen molar-refractivity contribution in [1.82, 2.24) is 9.21 Å². The lowest BCUT2D eigenvalue weighted by molar-refractivity contribution is -0.136. The summed E-state index contributed by atoms with van der Waals surface area (Å²) < 4.78 is 34.5. The molecule has 2 aliphatic heterocycles. The van der Waals surface area contributed by atoms with Crippen LogP contribution in [-0.4, -0.2) is 69.9 Å². The van der Waals surface area contributed by atoms with Crippen LogP contribution in [0, 0.1) is 11.8 Å². The lowest BCUT2D eigenvalue weighted by atomic mass is 9.91. The van der Waals surface area contributed by atoms with Gasteiger partial charge >= 0.3 is 0 Å². The third kappa shape index (κ3) is 7.14. The van der Waals surface area contributed by atoms with Crippen molar-refractivity contribution in [3.63, 3.8) is 0 Å². The number of nitrogens with zero attached hydrogens (tertiary/aromatic N) is 3. The maximum atomic E-state index is 13.6. The van der Waals surface area contributed by atoms with E-state index in [9.17, 15) is 13.2 Å². The van der Waals surface area contributed by atoms with Gasteiger partial charge in [0.2, 0.25) is 15.9 Å². The van der Waals surface area contributed by atoms with Gasteiger partial charge in [0.1, 0.15) is 5.75 Å². The number of hydrogen-bond acceptors (Lipinski definition) is 5. The number of sulfonamides is 1. The highest BCUT2D eigenvalue weighted by molar-refractivity contribution is 7.89. The molecule has 2 saturated heterocycles. The topological polar surface area (TPSA) is 70.2 Å². The zero-order valence-corrected chi connectivity index (χ0v) is 24.7. The fourth-order valence-corrected chi connectivity index (χ4v) is 7.40. The molecule has 0 N–H and O–H groups in total. The number of piperidine rings is 1. The number of carbonyl (C=O) groups is 1. The third-order valence-electron chi connectivity index (χ3n) is 8.41. The van der Waals surface area contributed by atoms with E-state index in [-0.39, 0.29) is 11.8 Å². The molecule has 0 aliphatic carbocycles. The van der Waals surface area contributed by atoms with E-state index < -0.39 is 10.0 Å². The Kier molecular flexibility index (Phi) is 10.3. The predicted molar refractivity (Wildman–Crippen MR) is 157 cm³/mol. The Morgan fingerprint density at radius 1 is 0.974 bits per heavy atom. The highest BCUT2D eigenvalue weighted by atomic mass is 32.2. The van der Waals surface area contributed by atoms with Gasteiger partial charge in [0.15, 0.2) is 0 Å². The summed E-state index contributed by atoms with van der Waals surface area (Å²) in [6, 6.07) is 15.6. The molecule has 0 radical (unpaired) electrons. The van der Waals surface area contributed by atoms with Crippen LogP contribution in [0.3, 0.4) is 0 Å². The standard InChI is InChI=1S/C31H45N3O4S/c1-4-6-12-27(5-2)31(35)33-21-19-32(20-22-33)29-24-28(13-14-30(29)38-3)39(36,37)34-17-15-26(16-18-34)23-25-10-8-7-9-11-25/h7-11,13-14,24,26-27H,4-6,12,15-23H2,1-3H3/t27-/m1/s1.